The number of fused-ring (bicyclic) bond motifs is 1. The predicted molar refractivity (Wildman–Crippen MR) is 103 cm³/mol. The molecule has 4 aliphatic carbocycles. The van der Waals surface area contributed by atoms with E-state index in [1.807, 2.05) is 6.07 Å². The Hall–Kier alpha value is -2.12. The monoisotopic (exact) mass is 416 g/mol. The van der Waals surface area contributed by atoms with E-state index >= 15 is 0 Å². The summed E-state index contributed by atoms with van der Waals surface area (Å²) < 4.78 is 23.6. The maximum atomic E-state index is 12.6. The van der Waals surface area contributed by atoms with Gasteiger partial charge in [-0.25, -0.2) is 4.98 Å². The van der Waals surface area contributed by atoms with Crippen LogP contribution in [0, 0.1) is 0 Å². The fourth-order valence-electron chi connectivity index (χ4n) is 4.57. The third-order valence-electron chi connectivity index (χ3n) is 6.04. The average Bonchev–Trinajstić information content (AvgIpc) is 3.18. The van der Waals surface area contributed by atoms with E-state index in [1.165, 1.54) is 0 Å². The predicted octanol–water partition coefficient (Wildman–Crippen LogP) is 3.95. The molecule has 1 amide bonds. The molecule has 2 heterocycles. The lowest BCUT2D eigenvalue weighted by molar-refractivity contribution is -0.0958. The third kappa shape index (κ3) is 2.42. The van der Waals surface area contributed by atoms with E-state index < -0.39 is 10.8 Å². The first-order valence-electron chi connectivity index (χ1n) is 9.35. The molecule has 8 heteroatoms. The third-order valence-corrected chi connectivity index (χ3v) is 7.97. The number of carbonyl (C=O) groups excluding carboxylic acids is 1. The smallest absolute Gasteiger partial charge is 0.287 e. The van der Waals surface area contributed by atoms with Crippen LogP contribution in [0.2, 0.25) is 5.02 Å². The summed E-state index contributed by atoms with van der Waals surface area (Å²) in [4.78, 5) is 17.2. The van der Waals surface area contributed by atoms with Crippen molar-refractivity contribution in [3.05, 3.63) is 47.0 Å². The van der Waals surface area contributed by atoms with E-state index in [9.17, 15) is 9.00 Å². The number of furan rings is 1. The first-order valence-corrected chi connectivity index (χ1v) is 10.9. The van der Waals surface area contributed by atoms with E-state index in [0.29, 0.717) is 10.1 Å². The highest BCUT2D eigenvalue weighted by molar-refractivity contribution is 7.85. The zero-order valence-corrected chi connectivity index (χ0v) is 16.4. The fraction of sp³-hybridized carbons (Fsp3) is 0.400. The standard InChI is InChI=1S/C20H17ClN2O4S/c21-11-1-4-14-13(7-11)22-18(27-14)19-8-20(9-19,10-19)23-17(24)15-5-6-16(26-15)28(25)12-2-3-12/h1,4-7,12H,2-3,8-10H2,(H,23,24). The topological polar surface area (TPSA) is 85.3 Å². The highest BCUT2D eigenvalue weighted by atomic mass is 35.5. The van der Waals surface area contributed by atoms with Crippen molar-refractivity contribution < 1.29 is 17.8 Å². The van der Waals surface area contributed by atoms with E-state index in [-0.39, 0.29) is 27.9 Å². The summed E-state index contributed by atoms with van der Waals surface area (Å²) in [6.07, 6.45) is 4.32. The summed E-state index contributed by atoms with van der Waals surface area (Å²) in [6, 6.07) is 8.67. The van der Waals surface area contributed by atoms with Gasteiger partial charge in [-0.3, -0.25) is 9.00 Å². The molecule has 6 nitrogen and oxygen atoms in total. The number of halogens is 1. The highest BCUT2D eigenvalue weighted by Gasteiger charge is 2.71. The lowest BCUT2D eigenvalue weighted by Gasteiger charge is -2.68. The molecule has 1 N–H and O–H groups in total. The molecule has 0 saturated heterocycles. The summed E-state index contributed by atoms with van der Waals surface area (Å²) in [7, 11) is -1.14. The molecule has 0 radical (unpaired) electrons. The van der Waals surface area contributed by atoms with Crippen LogP contribution < -0.4 is 5.32 Å². The summed E-state index contributed by atoms with van der Waals surface area (Å²) in [5, 5.41) is 4.30. The van der Waals surface area contributed by atoms with Gasteiger partial charge in [0.2, 0.25) is 5.89 Å². The van der Waals surface area contributed by atoms with Gasteiger partial charge in [0, 0.05) is 15.8 Å². The quantitative estimate of drug-likeness (QED) is 0.680. The largest absolute Gasteiger partial charge is 0.442 e. The second-order valence-electron chi connectivity index (χ2n) is 8.29. The van der Waals surface area contributed by atoms with Crippen LogP contribution in [0.15, 0.2) is 44.3 Å². The van der Waals surface area contributed by atoms with Crippen molar-refractivity contribution >= 4 is 39.4 Å². The molecular weight excluding hydrogens is 400 g/mol. The van der Waals surface area contributed by atoms with E-state index in [2.05, 4.69) is 10.3 Å². The Morgan fingerprint density at radius 3 is 2.71 bits per heavy atom. The normalized spacial score (nSPS) is 29.2. The van der Waals surface area contributed by atoms with Gasteiger partial charge in [0.25, 0.3) is 5.91 Å². The fourth-order valence-corrected chi connectivity index (χ4v) is 6.01. The van der Waals surface area contributed by atoms with Crippen molar-refractivity contribution in [2.45, 2.75) is 53.4 Å². The minimum Gasteiger partial charge on any atom is -0.442 e. The van der Waals surface area contributed by atoms with Crippen LogP contribution in [0.3, 0.4) is 0 Å². The Morgan fingerprint density at radius 2 is 1.96 bits per heavy atom. The van der Waals surface area contributed by atoms with Crippen molar-refractivity contribution in [1.29, 1.82) is 0 Å². The second-order valence-corrected chi connectivity index (χ2v) is 10.4. The van der Waals surface area contributed by atoms with Crippen molar-refractivity contribution in [3.63, 3.8) is 0 Å². The van der Waals surface area contributed by atoms with E-state index in [4.69, 9.17) is 20.4 Å². The Kier molecular flexibility index (Phi) is 3.29. The molecule has 1 aromatic carbocycles. The van der Waals surface area contributed by atoms with Gasteiger partial charge in [-0.15, -0.1) is 0 Å². The number of benzene rings is 1. The molecule has 7 rings (SSSR count). The second kappa shape index (κ2) is 5.48. The molecular formula is C20H17ClN2O4S. The molecule has 4 aliphatic rings. The molecule has 2 bridgehead atoms. The molecule has 3 aromatic rings. The zero-order chi connectivity index (χ0) is 19.1. The number of nitrogens with one attached hydrogen (secondary N) is 1. The van der Waals surface area contributed by atoms with Gasteiger partial charge in [-0.1, -0.05) is 11.6 Å². The van der Waals surface area contributed by atoms with Crippen LogP contribution in [-0.4, -0.2) is 25.9 Å². The van der Waals surface area contributed by atoms with Gasteiger partial charge in [-0.05, 0) is 62.4 Å². The number of nitrogens with zero attached hydrogens (tertiary/aromatic N) is 1. The number of aromatic nitrogens is 1. The first kappa shape index (κ1) is 16.8. The van der Waals surface area contributed by atoms with Crippen LogP contribution in [0.4, 0.5) is 0 Å². The van der Waals surface area contributed by atoms with Crippen LogP contribution in [0.1, 0.15) is 48.5 Å². The van der Waals surface area contributed by atoms with Gasteiger partial charge in [0.05, 0.1) is 16.2 Å². The molecule has 144 valence electrons. The molecule has 28 heavy (non-hydrogen) atoms. The molecule has 0 spiro atoms. The van der Waals surface area contributed by atoms with E-state index in [1.54, 1.807) is 24.3 Å². The zero-order valence-electron chi connectivity index (χ0n) is 14.9. The van der Waals surface area contributed by atoms with E-state index in [0.717, 1.165) is 49.1 Å². The first-order chi connectivity index (χ1) is 13.5. The maximum absolute atomic E-state index is 12.6. The molecule has 4 fully saturated rings. The summed E-state index contributed by atoms with van der Waals surface area (Å²) in [5.41, 5.74) is 1.17. The summed E-state index contributed by atoms with van der Waals surface area (Å²) >= 11 is 6.02. The number of hydrogen-bond donors (Lipinski definition) is 1. The average molecular weight is 417 g/mol. The Morgan fingerprint density at radius 1 is 1.18 bits per heavy atom. The Balaban J connectivity index is 1.14. The van der Waals surface area contributed by atoms with Crippen LogP contribution in [-0.2, 0) is 16.2 Å². The van der Waals surface area contributed by atoms with Crippen molar-refractivity contribution in [1.82, 2.24) is 10.3 Å². The van der Waals surface area contributed by atoms with Gasteiger partial charge in [0.15, 0.2) is 16.4 Å². The minimum atomic E-state index is -1.14. The lowest BCUT2D eigenvalue weighted by Crippen LogP contribution is -2.76. The summed E-state index contributed by atoms with van der Waals surface area (Å²) in [6.45, 7) is 0. The molecule has 0 aliphatic heterocycles. The number of amides is 1. The maximum Gasteiger partial charge on any atom is 0.287 e. The lowest BCUT2D eigenvalue weighted by atomic mass is 9.39. The molecule has 1 atom stereocenters. The van der Waals surface area contributed by atoms with Gasteiger partial charge < -0.3 is 14.2 Å². The highest BCUT2D eigenvalue weighted by Crippen LogP contribution is 2.67. The number of hydrogen-bond acceptors (Lipinski definition) is 5. The number of oxazole rings is 1. The number of carbonyl (C=O) groups is 1. The molecule has 4 saturated carbocycles. The molecule has 1 unspecified atom stereocenters. The SMILES string of the molecule is O=C(NC12CC(c3nc4cc(Cl)ccc4o3)(C1)C2)c1ccc(S(=O)C2CC2)o1. The van der Waals surface area contributed by atoms with Crippen LogP contribution in [0.5, 0.6) is 0 Å². The Bertz CT molecular complexity index is 1140. The van der Waals surface area contributed by atoms with Gasteiger partial charge in [0.1, 0.15) is 5.52 Å². The van der Waals surface area contributed by atoms with Crippen LogP contribution in [0.25, 0.3) is 11.1 Å². The van der Waals surface area contributed by atoms with Crippen LogP contribution >= 0.6 is 11.6 Å². The van der Waals surface area contributed by atoms with Crippen molar-refractivity contribution in [3.8, 4) is 0 Å². The van der Waals surface area contributed by atoms with Gasteiger partial charge >= 0.3 is 0 Å². The number of rotatable bonds is 5. The minimum absolute atomic E-state index is 0.0967. The van der Waals surface area contributed by atoms with Gasteiger partial charge in [-0.2, -0.15) is 0 Å². The summed E-state index contributed by atoms with van der Waals surface area (Å²) in [5.74, 6) is 0.692. The molecule has 2 aromatic heterocycles. The van der Waals surface area contributed by atoms with Crippen molar-refractivity contribution in [2.24, 2.45) is 0 Å². The Labute approximate surface area is 168 Å². The van der Waals surface area contributed by atoms with Crippen molar-refractivity contribution in [2.75, 3.05) is 0 Å².